The number of hydrazine groups is 1. The molecule has 0 atom stereocenters. The third-order valence-corrected chi connectivity index (χ3v) is 2.21. The molecule has 0 aromatic carbocycles. The van der Waals surface area contributed by atoms with Gasteiger partial charge in [0.1, 0.15) is 0 Å². The molecule has 0 radical (unpaired) electrons. The number of piperidine rings is 1. The highest BCUT2D eigenvalue weighted by molar-refractivity contribution is 4.74. The molecule has 11 heavy (non-hydrogen) atoms. The first-order chi connectivity index (χ1) is 5.33. The van der Waals surface area contributed by atoms with Crippen molar-refractivity contribution in [2.45, 2.75) is 18.9 Å². The summed E-state index contributed by atoms with van der Waals surface area (Å²) in [6.07, 6.45) is 2.47. The number of nitrogens with one attached hydrogen (secondary N) is 2. The molecule has 4 nitrogen and oxygen atoms in total. The first-order valence-corrected chi connectivity index (χ1v) is 4.18. The van der Waals surface area contributed by atoms with Crippen LogP contribution >= 0.6 is 0 Å². The normalized spacial score (nSPS) is 22.4. The number of hydrogen-bond acceptors (Lipinski definition) is 4. The van der Waals surface area contributed by atoms with Gasteiger partial charge in [0.25, 0.3) is 0 Å². The molecule has 4 N–H and O–H groups in total. The van der Waals surface area contributed by atoms with E-state index in [0.717, 1.165) is 0 Å². The van der Waals surface area contributed by atoms with Crippen LogP contribution < -0.4 is 16.6 Å². The minimum atomic E-state index is 0.655. The summed E-state index contributed by atoms with van der Waals surface area (Å²) in [5.74, 6) is 5.15. The van der Waals surface area contributed by atoms with E-state index in [-0.39, 0.29) is 0 Å². The highest BCUT2D eigenvalue weighted by Gasteiger charge is 2.14. The van der Waals surface area contributed by atoms with Crippen LogP contribution in [0.2, 0.25) is 0 Å². The zero-order valence-electron chi connectivity index (χ0n) is 7.14. The van der Waals surface area contributed by atoms with Crippen LogP contribution in [0.1, 0.15) is 12.8 Å². The third-order valence-electron chi connectivity index (χ3n) is 2.21. The molecule has 1 saturated heterocycles. The molecule has 0 amide bonds. The maximum absolute atomic E-state index is 5.15. The Hall–Kier alpha value is -0.160. The summed E-state index contributed by atoms with van der Waals surface area (Å²) >= 11 is 0. The fourth-order valence-corrected chi connectivity index (χ4v) is 1.42. The van der Waals surface area contributed by atoms with Crippen molar-refractivity contribution < 1.29 is 0 Å². The van der Waals surface area contributed by atoms with Gasteiger partial charge in [-0.3, -0.25) is 5.84 Å². The maximum atomic E-state index is 5.15. The van der Waals surface area contributed by atoms with E-state index in [2.05, 4.69) is 22.7 Å². The van der Waals surface area contributed by atoms with E-state index in [4.69, 9.17) is 5.84 Å². The summed E-state index contributed by atoms with van der Waals surface area (Å²) in [5.41, 5.74) is 2.60. The Morgan fingerprint density at radius 1 is 1.45 bits per heavy atom. The van der Waals surface area contributed by atoms with Gasteiger partial charge in [0.2, 0.25) is 0 Å². The fraction of sp³-hybridized carbons (Fsp3) is 1.00. The van der Waals surface area contributed by atoms with Gasteiger partial charge in [-0.25, -0.2) is 5.43 Å². The lowest BCUT2D eigenvalue weighted by Crippen LogP contribution is -2.45. The molecule has 0 saturated carbocycles. The smallest absolute Gasteiger partial charge is 0.0589 e. The molecular formula is C7H18N4. The number of nitrogens with two attached hydrogens (primary N) is 1. The van der Waals surface area contributed by atoms with E-state index in [1.165, 1.54) is 25.9 Å². The van der Waals surface area contributed by atoms with Gasteiger partial charge < -0.3 is 10.2 Å². The van der Waals surface area contributed by atoms with Gasteiger partial charge in [0.05, 0.1) is 6.67 Å². The van der Waals surface area contributed by atoms with Crippen molar-refractivity contribution in [3.05, 3.63) is 0 Å². The van der Waals surface area contributed by atoms with E-state index < -0.39 is 0 Å². The molecule has 1 fully saturated rings. The van der Waals surface area contributed by atoms with Gasteiger partial charge in [0.15, 0.2) is 0 Å². The Morgan fingerprint density at radius 3 is 2.64 bits per heavy atom. The second-order valence-corrected chi connectivity index (χ2v) is 3.16. The quantitative estimate of drug-likeness (QED) is 0.283. The lowest BCUT2D eigenvalue weighted by Gasteiger charge is -2.29. The van der Waals surface area contributed by atoms with Gasteiger partial charge in [-0.2, -0.15) is 0 Å². The highest BCUT2D eigenvalue weighted by atomic mass is 15.3. The van der Waals surface area contributed by atoms with Crippen LogP contribution in [0.4, 0.5) is 0 Å². The highest BCUT2D eigenvalue weighted by Crippen LogP contribution is 2.06. The Kier molecular flexibility index (Phi) is 3.79. The number of nitrogens with zero attached hydrogens (tertiary/aromatic N) is 1. The molecular weight excluding hydrogens is 140 g/mol. The van der Waals surface area contributed by atoms with E-state index >= 15 is 0 Å². The summed E-state index contributed by atoms with van der Waals surface area (Å²) < 4.78 is 0. The van der Waals surface area contributed by atoms with Crippen LogP contribution in [-0.4, -0.2) is 37.7 Å². The van der Waals surface area contributed by atoms with E-state index in [0.29, 0.717) is 12.7 Å². The van der Waals surface area contributed by atoms with Gasteiger partial charge in [-0.05, 0) is 33.0 Å². The van der Waals surface area contributed by atoms with Crippen molar-refractivity contribution >= 4 is 0 Å². The summed E-state index contributed by atoms with van der Waals surface area (Å²) in [4.78, 5) is 2.36. The summed E-state index contributed by atoms with van der Waals surface area (Å²) in [5, 5.41) is 3.33. The van der Waals surface area contributed by atoms with E-state index in [9.17, 15) is 0 Å². The fourth-order valence-electron chi connectivity index (χ4n) is 1.42. The monoisotopic (exact) mass is 158 g/mol. The lowest BCUT2D eigenvalue weighted by molar-refractivity contribution is 0.233. The van der Waals surface area contributed by atoms with Crippen molar-refractivity contribution in [2.75, 3.05) is 26.8 Å². The summed E-state index contributed by atoms with van der Waals surface area (Å²) in [6, 6.07) is 0.655. The molecule has 0 aromatic heterocycles. The van der Waals surface area contributed by atoms with Gasteiger partial charge in [-0.1, -0.05) is 0 Å². The van der Waals surface area contributed by atoms with Crippen molar-refractivity contribution in [1.29, 1.82) is 0 Å². The molecule has 1 rings (SSSR count). The molecule has 66 valence electrons. The zero-order valence-corrected chi connectivity index (χ0v) is 7.14. The second kappa shape index (κ2) is 4.66. The molecule has 1 aliphatic heterocycles. The molecule has 0 unspecified atom stereocenters. The molecule has 4 heteroatoms. The lowest BCUT2D eigenvalue weighted by atomic mass is 10.1. The van der Waals surface area contributed by atoms with Crippen LogP contribution in [0, 0.1) is 0 Å². The van der Waals surface area contributed by atoms with Crippen LogP contribution in [-0.2, 0) is 0 Å². The SMILES string of the molecule is CN1CCC(NCNN)CC1. The Balaban J connectivity index is 2.07. The Morgan fingerprint density at radius 2 is 2.09 bits per heavy atom. The zero-order chi connectivity index (χ0) is 8.10. The topological polar surface area (TPSA) is 53.3 Å². The molecule has 0 spiro atoms. The molecule has 0 aromatic rings. The molecule has 1 aliphatic rings. The predicted molar refractivity (Wildman–Crippen MR) is 45.8 cm³/mol. The Bertz CT molecular complexity index is 95.9. The third kappa shape index (κ3) is 3.16. The number of likely N-dealkylation sites (tertiary alicyclic amines) is 1. The van der Waals surface area contributed by atoms with Crippen molar-refractivity contribution in [3.8, 4) is 0 Å². The van der Waals surface area contributed by atoms with Gasteiger partial charge in [0, 0.05) is 6.04 Å². The van der Waals surface area contributed by atoms with Crippen LogP contribution in [0.3, 0.4) is 0 Å². The molecule has 0 aliphatic carbocycles. The Labute approximate surface area is 68.1 Å². The minimum Gasteiger partial charge on any atom is -0.306 e. The second-order valence-electron chi connectivity index (χ2n) is 3.16. The van der Waals surface area contributed by atoms with E-state index in [1.807, 2.05) is 0 Å². The van der Waals surface area contributed by atoms with Gasteiger partial charge in [-0.15, -0.1) is 0 Å². The number of rotatable bonds is 3. The number of hydrogen-bond donors (Lipinski definition) is 3. The minimum absolute atomic E-state index is 0.655. The van der Waals surface area contributed by atoms with Crippen LogP contribution in [0.5, 0.6) is 0 Å². The van der Waals surface area contributed by atoms with Gasteiger partial charge >= 0.3 is 0 Å². The average Bonchev–Trinajstić information content (AvgIpc) is 2.04. The summed E-state index contributed by atoms with van der Waals surface area (Å²) in [6.45, 7) is 3.11. The van der Waals surface area contributed by atoms with Crippen molar-refractivity contribution in [1.82, 2.24) is 15.6 Å². The average molecular weight is 158 g/mol. The van der Waals surface area contributed by atoms with E-state index in [1.54, 1.807) is 0 Å². The summed E-state index contributed by atoms with van der Waals surface area (Å²) in [7, 11) is 2.16. The van der Waals surface area contributed by atoms with Crippen molar-refractivity contribution in [3.63, 3.8) is 0 Å². The first kappa shape index (κ1) is 8.93. The molecule has 0 bridgehead atoms. The van der Waals surface area contributed by atoms with Crippen LogP contribution in [0.15, 0.2) is 0 Å². The largest absolute Gasteiger partial charge is 0.306 e. The maximum Gasteiger partial charge on any atom is 0.0589 e. The first-order valence-electron chi connectivity index (χ1n) is 4.18. The van der Waals surface area contributed by atoms with Crippen LogP contribution in [0.25, 0.3) is 0 Å². The van der Waals surface area contributed by atoms with Crippen molar-refractivity contribution in [2.24, 2.45) is 5.84 Å². The standard InChI is InChI=1S/C7H18N4/c1-11-4-2-7(3-5-11)9-6-10-8/h7,9-10H,2-6,8H2,1H3. The molecule has 1 heterocycles. The predicted octanol–water partition coefficient (Wildman–Crippen LogP) is -0.909.